The predicted octanol–water partition coefficient (Wildman–Crippen LogP) is 4.49. The average molecular weight is 429 g/mol. The Hall–Kier alpha value is -2.18. The van der Waals surface area contributed by atoms with Gasteiger partial charge in [0, 0.05) is 31.7 Å². The molecule has 0 N–H and O–H groups in total. The zero-order valence-electron chi connectivity index (χ0n) is 18.6. The summed E-state index contributed by atoms with van der Waals surface area (Å²) >= 11 is 0. The van der Waals surface area contributed by atoms with Crippen molar-refractivity contribution < 1.29 is 13.2 Å². The fraction of sp³-hybridized carbons (Fsp3) is 0.458. The molecule has 1 amide bonds. The molecule has 0 aliphatic carbocycles. The van der Waals surface area contributed by atoms with Crippen molar-refractivity contribution in [2.45, 2.75) is 51.3 Å². The van der Waals surface area contributed by atoms with Crippen LogP contribution in [0.1, 0.15) is 49.3 Å². The van der Waals surface area contributed by atoms with Gasteiger partial charge >= 0.3 is 0 Å². The Labute approximate surface area is 180 Å². The van der Waals surface area contributed by atoms with Gasteiger partial charge in [-0.3, -0.25) is 4.79 Å². The van der Waals surface area contributed by atoms with Crippen LogP contribution < -0.4 is 4.90 Å². The van der Waals surface area contributed by atoms with Crippen LogP contribution in [0.5, 0.6) is 0 Å². The number of amides is 1. The zero-order valence-corrected chi connectivity index (χ0v) is 19.4. The Morgan fingerprint density at radius 1 is 1.03 bits per heavy atom. The van der Waals surface area contributed by atoms with E-state index in [0.29, 0.717) is 36.7 Å². The van der Waals surface area contributed by atoms with E-state index in [1.54, 1.807) is 17.0 Å². The lowest BCUT2D eigenvalue weighted by Gasteiger charge is -2.33. The number of benzene rings is 2. The lowest BCUT2D eigenvalue weighted by molar-refractivity contribution is -0.123. The SMILES string of the molecule is Cc1ccc(C)c(N(C)C(=O)C2CCN(S(=O)(=O)c3ccc(C(C)C)cc3)CC2)c1. The lowest BCUT2D eigenvalue weighted by atomic mass is 9.96. The van der Waals surface area contributed by atoms with Gasteiger partial charge in [0.15, 0.2) is 0 Å². The van der Waals surface area contributed by atoms with Gasteiger partial charge in [-0.05, 0) is 67.5 Å². The van der Waals surface area contributed by atoms with Crippen LogP contribution in [0, 0.1) is 19.8 Å². The van der Waals surface area contributed by atoms with Crippen LogP contribution in [0.2, 0.25) is 0 Å². The van der Waals surface area contributed by atoms with E-state index in [2.05, 4.69) is 13.8 Å². The third kappa shape index (κ3) is 4.60. The molecular weight excluding hydrogens is 396 g/mol. The van der Waals surface area contributed by atoms with Crippen LogP contribution in [0.4, 0.5) is 5.69 Å². The molecule has 2 aromatic rings. The summed E-state index contributed by atoms with van der Waals surface area (Å²) in [6.45, 7) is 8.91. The highest BCUT2D eigenvalue weighted by Gasteiger charge is 2.33. The van der Waals surface area contributed by atoms with Gasteiger partial charge in [-0.25, -0.2) is 8.42 Å². The van der Waals surface area contributed by atoms with Crippen molar-refractivity contribution in [2.24, 2.45) is 5.92 Å². The molecule has 0 radical (unpaired) electrons. The molecule has 2 aromatic carbocycles. The van der Waals surface area contributed by atoms with Crippen LogP contribution in [0.15, 0.2) is 47.4 Å². The van der Waals surface area contributed by atoms with Crippen LogP contribution in [-0.4, -0.2) is 38.8 Å². The number of anilines is 1. The van der Waals surface area contributed by atoms with E-state index in [1.807, 2.05) is 51.2 Å². The highest BCUT2D eigenvalue weighted by molar-refractivity contribution is 7.89. The highest BCUT2D eigenvalue weighted by atomic mass is 32.2. The van der Waals surface area contributed by atoms with E-state index in [4.69, 9.17) is 0 Å². The monoisotopic (exact) mass is 428 g/mol. The molecule has 0 bridgehead atoms. The first-order valence-electron chi connectivity index (χ1n) is 10.6. The number of sulfonamides is 1. The topological polar surface area (TPSA) is 57.7 Å². The van der Waals surface area contributed by atoms with Gasteiger partial charge < -0.3 is 4.90 Å². The van der Waals surface area contributed by atoms with Crippen LogP contribution in [0.25, 0.3) is 0 Å². The van der Waals surface area contributed by atoms with Crippen molar-refractivity contribution in [3.8, 4) is 0 Å². The summed E-state index contributed by atoms with van der Waals surface area (Å²) in [5.41, 5.74) is 4.20. The standard InChI is InChI=1S/C24H32N2O3S/c1-17(2)20-8-10-22(11-9-20)30(28,29)26-14-12-21(13-15-26)24(27)25(5)23-16-18(3)6-7-19(23)4/h6-11,16-17,21H,12-15H2,1-5H3. The zero-order chi connectivity index (χ0) is 22.1. The molecule has 0 saturated carbocycles. The summed E-state index contributed by atoms with van der Waals surface area (Å²) < 4.78 is 27.5. The van der Waals surface area contributed by atoms with Gasteiger partial charge in [0.1, 0.15) is 0 Å². The predicted molar refractivity (Wildman–Crippen MR) is 121 cm³/mol. The molecule has 3 rings (SSSR count). The van der Waals surface area contributed by atoms with Crippen molar-refractivity contribution in [3.63, 3.8) is 0 Å². The van der Waals surface area contributed by atoms with E-state index >= 15 is 0 Å². The number of hydrogen-bond acceptors (Lipinski definition) is 3. The first kappa shape index (κ1) is 22.5. The van der Waals surface area contributed by atoms with Crippen molar-refractivity contribution in [3.05, 3.63) is 59.2 Å². The van der Waals surface area contributed by atoms with E-state index in [9.17, 15) is 13.2 Å². The quantitative estimate of drug-likeness (QED) is 0.705. The number of aryl methyl sites for hydroxylation is 2. The number of piperidine rings is 1. The molecule has 0 atom stereocenters. The Morgan fingerprint density at radius 3 is 2.20 bits per heavy atom. The van der Waals surface area contributed by atoms with E-state index in [1.165, 1.54) is 4.31 Å². The molecule has 1 aliphatic heterocycles. The number of rotatable bonds is 5. The van der Waals surface area contributed by atoms with Gasteiger partial charge in [-0.1, -0.05) is 38.1 Å². The maximum atomic E-state index is 13.0. The normalized spacial score (nSPS) is 16.1. The summed E-state index contributed by atoms with van der Waals surface area (Å²) in [7, 11) is -1.72. The second kappa shape index (κ2) is 8.90. The van der Waals surface area contributed by atoms with Crippen LogP contribution in [0.3, 0.4) is 0 Å². The first-order chi connectivity index (χ1) is 14.1. The average Bonchev–Trinajstić information content (AvgIpc) is 2.74. The molecule has 1 aliphatic rings. The Kier molecular flexibility index (Phi) is 6.68. The first-order valence-corrected chi connectivity index (χ1v) is 12.0. The minimum absolute atomic E-state index is 0.0574. The minimum atomic E-state index is -3.53. The van der Waals surface area contributed by atoms with Crippen LogP contribution in [-0.2, 0) is 14.8 Å². The largest absolute Gasteiger partial charge is 0.315 e. The second-order valence-corrected chi connectivity index (χ2v) is 10.5. The van der Waals surface area contributed by atoms with Crippen LogP contribution >= 0.6 is 0 Å². The van der Waals surface area contributed by atoms with Gasteiger partial charge in [0.05, 0.1) is 4.90 Å². The summed E-state index contributed by atoms with van der Waals surface area (Å²) in [5.74, 6) is 0.254. The van der Waals surface area contributed by atoms with Crippen molar-refractivity contribution in [1.82, 2.24) is 4.31 Å². The Morgan fingerprint density at radius 2 is 1.63 bits per heavy atom. The van der Waals surface area contributed by atoms with Gasteiger partial charge in [0.25, 0.3) is 0 Å². The molecule has 5 nitrogen and oxygen atoms in total. The second-order valence-electron chi connectivity index (χ2n) is 8.59. The molecule has 162 valence electrons. The number of carbonyl (C=O) groups excluding carboxylic acids is 1. The van der Waals surface area contributed by atoms with Crippen molar-refractivity contribution >= 4 is 21.6 Å². The maximum Gasteiger partial charge on any atom is 0.243 e. The molecule has 1 saturated heterocycles. The molecular formula is C24H32N2O3S. The minimum Gasteiger partial charge on any atom is -0.315 e. The lowest BCUT2D eigenvalue weighted by Crippen LogP contribution is -2.43. The summed E-state index contributed by atoms with van der Waals surface area (Å²) in [5, 5.41) is 0. The fourth-order valence-corrected chi connectivity index (χ4v) is 5.46. The fourth-order valence-electron chi connectivity index (χ4n) is 3.99. The number of hydrogen-bond donors (Lipinski definition) is 0. The van der Waals surface area contributed by atoms with Crippen molar-refractivity contribution in [1.29, 1.82) is 0 Å². The molecule has 6 heteroatoms. The smallest absolute Gasteiger partial charge is 0.243 e. The molecule has 0 aromatic heterocycles. The number of nitrogens with zero attached hydrogens (tertiary/aromatic N) is 2. The highest BCUT2D eigenvalue weighted by Crippen LogP contribution is 2.28. The molecule has 0 unspecified atom stereocenters. The third-order valence-electron chi connectivity index (χ3n) is 6.04. The molecule has 30 heavy (non-hydrogen) atoms. The number of carbonyl (C=O) groups is 1. The van der Waals surface area contributed by atoms with Gasteiger partial charge in [-0.2, -0.15) is 4.31 Å². The van der Waals surface area contributed by atoms with Crippen molar-refractivity contribution in [2.75, 3.05) is 25.0 Å². The third-order valence-corrected chi connectivity index (χ3v) is 7.96. The Bertz CT molecular complexity index is 1010. The van der Waals surface area contributed by atoms with E-state index in [0.717, 1.165) is 22.4 Å². The molecule has 0 spiro atoms. The van der Waals surface area contributed by atoms with Gasteiger partial charge in [0.2, 0.25) is 15.9 Å². The van der Waals surface area contributed by atoms with E-state index < -0.39 is 10.0 Å². The summed E-state index contributed by atoms with van der Waals surface area (Å²) in [6, 6.07) is 13.2. The maximum absolute atomic E-state index is 13.0. The molecule has 1 heterocycles. The molecule has 1 fully saturated rings. The van der Waals surface area contributed by atoms with Gasteiger partial charge in [-0.15, -0.1) is 0 Å². The summed E-state index contributed by atoms with van der Waals surface area (Å²) in [6.07, 6.45) is 1.08. The Balaban J connectivity index is 1.67. The summed E-state index contributed by atoms with van der Waals surface area (Å²) in [4.78, 5) is 15.1. The van der Waals surface area contributed by atoms with E-state index in [-0.39, 0.29) is 11.8 Å².